The van der Waals surface area contributed by atoms with Crippen LogP contribution < -0.4 is 15.0 Å². The number of benzene rings is 1. The molecule has 0 atom stereocenters. The third kappa shape index (κ3) is 4.16. The van der Waals surface area contributed by atoms with E-state index in [0.717, 1.165) is 24.5 Å². The second-order valence-corrected chi connectivity index (χ2v) is 6.83. The summed E-state index contributed by atoms with van der Waals surface area (Å²) in [5.74, 6) is 2.74. The van der Waals surface area contributed by atoms with E-state index < -0.39 is 0 Å². The Hall–Kier alpha value is -3.55. The van der Waals surface area contributed by atoms with Crippen LogP contribution in [0, 0.1) is 6.92 Å². The highest BCUT2D eigenvalue weighted by molar-refractivity contribution is 5.94. The number of aromatic nitrogens is 2. The van der Waals surface area contributed by atoms with Gasteiger partial charge in [-0.25, -0.2) is 4.98 Å². The van der Waals surface area contributed by atoms with Gasteiger partial charge in [-0.15, -0.1) is 0 Å². The lowest BCUT2D eigenvalue weighted by molar-refractivity contribution is 0.0746. The summed E-state index contributed by atoms with van der Waals surface area (Å²) in [7, 11) is 1.67. The van der Waals surface area contributed by atoms with Crippen molar-refractivity contribution in [2.24, 2.45) is 0 Å². The predicted molar refractivity (Wildman–Crippen MR) is 110 cm³/mol. The zero-order valence-electron chi connectivity index (χ0n) is 16.5. The predicted octanol–water partition coefficient (Wildman–Crippen LogP) is 3.09. The van der Waals surface area contributed by atoms with Crippen molar-refractivity contribution in [1.29, 1.82) is 0 Å². The minimum absolute atomic E-state index is 0.0130. The maximum absolute atomic E-state index is 12.8. The lowest BCUT2D eigenvalue weighted by atomic mass is 10.2. The van der Waals surface area contributed by atoms with Gasteiger partial charge in [-0.1, -0.05) is 17.3 Å². The topological polar surface area (TPSA) is 83.7 Å². The molecule has 3 heterocycles. The molecule has 0 saturated carbocycles. The van der Waals surface area contributed by atoms with Gasteiger partial charge in [-0.05, 0) is 31.2 Å². The van der Waals surface area contributed by atoms with Crippen molar-refractivity contribution in [2.75, 3.05) is 43.5 Å². The van der Waals surface area contributed by atoms with Crippen molar-refractivity contribution in [3.05, 3.63) is 60.0 Å². The quantitative estimate of drug-likeness (QED) is 0.713. The first-order valence-electron chi connectivity index (χ1n) is 9.47. The van der Waals surface area contributed by atoms with Crippen LogP contribution in [0.2, 0.25) is 0 Å². The van der Waals surface area contributed by atoms with Gasteiger partial charge in [0.1, 0.15) is 17.3 Å². The van der Waals surface area contributed by atoms with Gasteiger partial charge < -0.3 is 24.4 Å². The molecule has 1 aliphatic heterocycles. The van der Waals surface area contributed by atoms with E-state index >= 15 is 0 Å². The smallest absolute Gasteiger partial charge is 0.255 e. The summed E-state index contributed by atoms with van der Waals surface area (Å²) in [6.07, 6.45) is 1.59. The van der Waals surface area contributed by atoms with Crippen LogP contribution in [0.3, 0.4) is 0 Å². The van der Waals surface area contributed by atoms with E-state index in [0.29, 0.717) is 36.0 Å². The number of nitrogens with zero attached hydrogens (tertiary/aromatic N) is 4. The Morgan fingerprint density at radius 2 is 1.90 bits per heavy atom. The first-order chi connectivity index (χ1) is 14.1. The molecular weight excluding hydrogens is 370 g/mol. The summed E-state index contributed by atoms with van der Waals surface area (Å²) in [5, 5.41) is 6.92. The number of methoxy groups -OCH3 is 1. The monoisotopic (exact) mass is 393 g/mol. The minimum Gasteiger partial charge on any atom is -0.495 e. The first kappa shape index (κ1) is 18.8. The molecule has 29 heavy (non-hydrogen) atoms. The Labute approximate surface area is 169 Å². The van der Waals surface area contributed by atoms with Crippen molar-refractivity contribution in [3.63, 3.8) is 0 Å². The van der Waals surface area contributed by atoms with E-state index in [2.05, 4.69) is 20.4 Å². The standard InChI is InChI=1S/C21H23N5O3/c1-15-13-20(24-29-15)23-19-8-7-16(14-22-19)21(27)26-11-9-25(10-12-26)17-5-3-4-6-18(17)28-2/h3-8,13-14H,9-12H2,1-2H3,(H,22,23,24). The van der Waals surface area contributed by atoms with Crippen LogP contribution >= 0.6 is 0 Å². The molecule has 3 aromatic rings. The molecule has 8 heteroatoms. The number of ether oxygens (including phenoxy) is 1. The molecule has 1 aliphatic rings. The molecule has 0 aliphatic carbocycles. The number of pyridine rings is 1. The maximum atomic E-state index is 12.8. The molecule has 1 saturated heterocycles. The van der Waals surface area contributed by atoms with Crippen LogP contribution in [0.25, 0.3) is 0 Å². The van der Waals surface area contributed by atoms with Crippen molar-refractivity contribution < 1.29 is 14.1 Å². The average Bonchev–Trinajstić information content (AvgIpc) is 3.18. The molecule has 150 valence electrons. The van der Waals surface area contributed by atoms with Crippen LogP contribution in [0.15, 0.2) is 53.2 Å². The fourth-order valence-corrected chi connectivity index (χ4v) is 3.37. The van der Waals surface area contributed by atoms with Crippen LogP contribution in [-0.2, 0) is 0 Å². The number of carbonyl (C=O) groups excluding carboxylic acids is 1. The number of amides is 1. The van der Waals surface area contributed by atoms with E-state index in [1.807, 2.05) is 36.1 Å². The highest BCUT2D eigenvalue weighted by atomic mass is 16.5. The number of carbonyl (C=O) groups is 1. The summed E-state index contributed by atoms with van der Waals surface area (Å²) in [6, 6.07) is 13.3. The Morgan fingerprint density at radius 3 is 2.55 bits per heavy atom. The molecule has 1 aromatic carbocycles. The van der Waals surface area contributed by atoms with E-state index in [9.17, 15) is 4.79 Å². The highest BCUT2D eigenvalue weighted by Gasteiger charge is 2.23. The zero-order chi connectivity index (χ0) is 20.2. The van der Waals surface area contributed by atoms with Gasteiger partial charge in [-0.2, -0.15) is 0 Å². The third-order valence-corrected chi connectivity index (χ3v) is 4.89. The molecule has 2 aromatic heterocycles. The fraction of sp³-hybridized carbons (Fsp3) is 0.286. The Bertz CT molecular complexity index is 978. The Kier molecular flexibility index (Phi) is 5.33. The fourth-order valence-electron chi connectivity index (χ4n) is 3.37. The number of hydrogen-bond acceptors (Lipinski definition) is 7. The summed E-state index contributed by atoms with van der Waals surface area (Å²) in [6.45, 7) is 4.63. The van der Waals surface area contributed by atoms with Gasteiger partial charge in [0.25, 0.3) is 5.91 Å². The van der Waals surface area contributed by atoms with Crippen molar-refractivity contribution in [1.82, 2.24) is 15.0 Å². The molecule has 0 unspecified atom stereocenters. The molecule has 1 fully saturated rings. The summed E-state index contributed by atoms with van der Waals surface area (Å²) >= 11 is 0. The molecule has 0 spiro atoms. The summed E-state index contributed by atoms with van der Waals surface area (Å²) in [4.78, 5) is 21.3. The van der Waals surface area contributed by atoms with E-state index in [1.54, 1.807) is 31.5 Å². The zero-order valence-corrected chi connectivity index (χ0v) is 16.5. The van der Waals surface area contributed by atoms with Crippen LogP contribution in [0.4, 0.5) is 17.3 Å². The third-order valence-electron chi connectivity index (χ3n) is 4.89. The highest BCUT2D eigenvalue weighted by Crippen LogP contribution is 2.28. The molecule has 1 amide bonds. The first-order valence-corrected chi connectivity index (χ1v) is 9.47. The van der Waals surface area contributed by atoms with Crippen LogP contribution in [0.5, 0.6) is 5.75 Å². The van der Waals surface area contributed by atoms with Gasteiger partial charge in [0.05, 0.1) is 18.4 Å². The van der Waals surface area contributed by atoms with Gasteiger partial charge in [0.2, 0.25) is 0 Å². The van der Waals surface area contributed by atoms with Crippen molar-refractivity contribution in [3.8, 4) is 5.75 Å². The molecule has 1 N–H and O–H groups in total. The van der Waals surface area contributed by atoms with Gasteiger partial charge in [-0.3, -0.25) is 4.79 Å². The largest absolute Gasteiger partial charge is 0.495 e. The molecular formula is C21H23N5O3. The number of aryl methyl sites for hydroxylation is 1. The van der Waals surface area contributed by atoms with Gasteiger partial charge >= 0.3 is 0 Å². The van der Waals surface area contributed by atoms with Crippen molar-refractivity contribution >= 4 is 23.2 Å². The number of hydrogen-bond donors (Lipinski definition) is 1. The Balaban J connectivity index is 1.37. The number of rotatable bonds is 5. The number of nitrogens with one attached hydrogen (secondary N) is 1. The Morgan fingerprint density at radius 1 is 1.10 bits per heavy atom. The number of piperazine rings is 1. The minimum atomic E-state index is -0.0130. The maximum Gasteiger partial charge on any atom is 0.255 e. The average molecular weight is 393 g/mol. The lowest BCUT2D eigenvalue weighted by Gasteiger charge is -2.36. The SMILES string of the molecule is COc1ccccc1N1CCN(C(=O)c2ccc(Nc3cc(C)on3)nc2)CC1. The lowest BCUT2D eigenvalue weighted by Crippen LogP contribution is -2.48. The van der Waals surface area contributed by atoms with Crippen LogP contribution in [-0.4, -0.2) is 54.2 Å². The number of para-hydroxylation sites is 2. The van der Waals surface area contributed by atoms with E-state index in [-0.39, 0.29) is 5.91 Å². The molecule has 8 nitrogen and oxygen atoms in total. The molecule has 0 radical (unpaired) electrons. The van der Waals surface area contributed by atoms with Gasteiger partial charge in [0, 0.05) is 38.4 Å². The number of anilines is 3. The molecule has 0 bridgehead atoms. The second kappa shape index (κ2) is 8.22. The van der Waals surface area contributed by atoms with Crippen LogP contribution in [0.1, 0.15) is 16.1 Å². The normalized spacial score (nSPS) is 14.0. The van der Waals surface area contributed by atoms with E-state index in [4.69, 9.17) is 9.26 Å². The second-order valence-electron chi connectivity index (χ2n) is 6.83. The summed E-state index contributed by atoms with van der Waals surface area (Å²) in [5.41, 5.74) is 1.62. The summed E-state index contributed by atoms with van der Waals surface area (Å²) < 4.78 is 10.5. The van der Waals surface area contributed by atoms with E-state index in [1.165, 1.54) is 0 Å². The molecule has 4 rings (SSSR count). The van der Waals surface area contributed by atoms with Gasteiger partial charge in [0.15, 0.2) is 5.82 Å². The van der Waals surface area contributed by atoms with Crippen molar-refractivity contribution in [2.45, 2.75) is 6.92 Å².